The molecule has 2 heterocycles. The van der Waals surface area contributed by atoms with Gasteiger partial charge in [-0.2, -0.15) is 0 Å². The Balaban J connectivity index is 2.20. The van der Waals surface area contributed by atoms with Crippen LogP contribution in [0.2, 0.25) is 0 Å². The third-order valence-electron chi connectivity index (χ3n) is 3.27. The van der Waals surface area contributed by atoms with Gasteiger partial charge in [-0.15, -0.1) is 0 Å². The van der Waals surface area contributed by atoms with Gasteiger partial charge in [-0.25, -0.2) is 0 Å². The molecule has 0 N–H and O–H groups in total. The number of hydrogen-bond donors (Lipinski definition) is 0. The molecular weight excluding hydrogens is 184 g/mol. The first kappa shape index (κ1) is 10.6. The lowest BCUT2D eigenvalue weighted by Gasteiger charge is -2.34. The van der Waals surface area contributed by atoms with Crippen molar-refractivity contribution in [3.63, 3.8) is 0 Å². The van der Waals surface area contributed by atoms with Crippen molar-refractivity contribution < 1.29 is 0 Å². The van der Waals surface area contributed by atoms with Gasteiger partial charge in [0.1, 0.15) is 0 Å². The first-order chi connectivity index (χ1) is 7.31. The molecule has 0 spiro atoms. The van der Waals surface area contributed by atoms with E-state index >= 15 is 0 Å². The Bertz CT molecular complexity index is 322. The second-order valence-corrected chi connectivity index (χ2v) is 4.34. The zero-order valence-electron chi connectivity index (χ0n) is 9.74. The van der Waals surface area contributed by atoms with Crippen molar-refractivity contribution in [2.45, 2.75) is 39.2 Å². The Labute approximate surface area is 92.3 Å². The first-order valence-corrected chi connectivity index (χ1v) is 5.99. The second-order valence-electron chi connectivity index (χ2n) is 4.34. The van der Waals surface area contributed by atoms with Crippen LogP contribution < -0.4 is 0 Å². The molecule has 1 aromatic rings. The van der Waals surface area contributed by atoms with Crippen molar-refractivity contribution >= 4 is 0 Å². The molecule has 0 saturated carbocycles. The third kappa shape index (κ3) is 2.37. The minimum Gasteiger partial charge on any atom is -0.295 e. The van der Waals surface area contributed by atoms with Crippen molar-refractivity contribution in [3.05, 3.63) is 29.6 Å². The molecule has 15 heavy (non-hydrogen) atoms. The highest BCUT2D eigenvalue weighted by molar-refractivity contribution is 5.14. The van der Waals surface area contributed by atoms with Gasteiger partial charge in [-0.05, 0) is 45.0 Å². The average Bonchev–Trinajstić information content (AvgIpc) is 2.29. The van der Waals surface area contributed by atoms with Crippen LogP contribution in [-0.2, 0) is 0 Å². The van der Waals surface area contributed by atoms with Gasteiger partial charge in [-0.3, -0.25) is 9.88 Å². The van der Waals surface area contributed by atoms with Crippen LogP contribution in [0.4, 0.5) is 0 Å². The maximum absolute atomic E-state index is 4.65. The minimum absolute atomic E-state index is 0.559. The summed E-state index contributed by atoms with van der Waals surface area (Å²) in [6.45, 7) is 6.69. The Morgan fingerprint density at radius 3 is 3.00 bits per heavy atom. The second kappa shape index (κ2) is 4.75. The molecule has 0 amide bonds. The molecule has 1 fully saturated rings. The summed E-state index contributed by atoms with van der Waals surface area (Å²) in [6, 6.07) is 6.93. The monoisotopic (exact) mass is 204 g/mol. The Morgan fingerprint density at radius 1 is 1.40 bits per heavy atom. The van der Waals surface area contributed by atoms with E-state index in [1.807, 2.05) is 0 Å². The number of likely N-dealkylation sites (tertiary alicyclic amines) is 1. The quantitative estimate of drug-likeness (QED) is 0.736. The smallest absolute Gasteiger partial charge is 0.0578 e. The summed E-state index contributed by atoms with van der Waals surface area (Å²) >= 11 is 0. The first-order valence-electron chi connectivity index (χ1n) is 5.99. The van der Waals surface area contributed by atoms with Gasteiger partial charge in [0.15, 0.2) is 0 Å². The van der Waals surface area contributed by atoms with Gasteiger partial charge in [-0.1, -0.05) is 19.4 Å². The number of piperidine rings is 1. The van der Waals surface area contributed by atoms with Crippen LogP contribution >= 0.6 is 0 Å². The van der Waals surface area contributed by atoms with Crippen molar-refractivity contribution in [2.75, 3.05) is 13.1 Å². The molecule has 1 saturated heterocycles. The van der Waals surface area contributed by atoms with Crippen molar-refractivity contribution in [1.82, 2.24) is 9.88 Å². The van der Waals surface area contributed by atoms with E-state index in [4.69, 9.17) is 0 Å². The van der Waals surface area contributed by atoms with Crippen LogP contribution in [0.15, 0.2) is 18.2 Å². The third-order valence-corrected chi connectivity index (χ3v) is 3.27. The summed E-state index contributed by atoms with van der Waals surface area (Å²) in [5.41, 5.74) is 2.39. The molecular formula is C13H20N2. The maximum atomic E-state index is 4.65. The lowest BCUT2D eigenvalue weighted by Crippen LogP contribution is -2.33. The molecule has 0 radical (unpaired) electrons. The molecule has 0 aromatic carbocycles. The SMILES string of the molecule is CCN1CCCC[C@H]1c1cccc(C)n1. The van der Waals surface area contributed by atoms with E-state index in [0.717, 1.165) is 12.2 Å². The fourth-order valence-electron chi connectivity index (χ4n) is 2.45. The summed E-state index contributed by atoms with van der Waals surface area (Å²) in [5, 5.41) is 0. The van der Waals surface area contributed by atoms with Gasteiger partial charge in [0, 0.05) is 5.69 Å². The van der Waals surface area contributed by atoms with Gasteiger partial charge >= 0.3 is 0 Å². The van der Waals surface area contributed by atoms with Crippen LogP contribution in [0.25, 0.3) is 0 Å². The number of pyridine rings is 1. The lowest BCUT2D eigenvalue weighted by atomic mass is 9.99. The van der Waals surface area contributed by atoms with Crippen molar-refractivity contribution in [3.8, 4) is 0 Å². The maximum Gasteiger partial charge on any atom is 0.0578 e. The van der Waals surface area contributed by atoms with Crippen LogP contribution in [0.1, 0.15) is 43.6 Å². The molecule has 0 aliphatic carbocycles. The van der Waals surface area contributed by atoms with Crippen LogP contribution in [0.3, 0.4) is 0 Å². The molecule has 1 aliphatic heterocycles. The van der Waals surface area contributed by atoms with E-state index in [9.17, 15) is 0 Å². The van der Waals surface area contributed by atoms with E-state index in [1.54, 1.807) is 0 Å². The van der Waals surface area contributed by atoms with Crippen LogP contribution in [0.5, 0.6) is 0 Å². The standard InChI is InChI=1S/C13H20N2/c1-3-15-10-5-4-9-13(15)12-8-6-7-11(2)14-12/h6-8,13H,3-5,9-10H2,1-2H3/t13-/m0/s1. The molecule has 1 aliphatic rings. The highest BCUT2D eigenvalue weighted by atomic mass is 15.2. The zero-order chi connectivity index (χ0) is 10.7. The van der Waals surface area contributed by atoms with Crippen LogP contribution in [-0.4, -0.2) is 23.0 Å². The molecule has 2 rings (SSSR count). The lowest BCUT2D eigenvalue weighted by molar-refractivity contribution is 0.153. The largest absolute Gasteiger partial charge is 0.295 e. The molecule has 1 atom stereocenters. The number of rotatable bonds is 2. The van der Waals surface area contributed by atoms with E-state index in [-0.39, 0.29) is 0 Å². The van der Waals surface area contributed by atoms with E-state index in [1.165, 1.54) is 31.5 Å². The van der Waals surface area contributed by atoms with Crippen molar-refractivity contribution in [1.29, 1.82) is 0 Å². The summed E-state index contributed by atoms with van der Waals surface area (Å²) < 4.78 is 0. The Hall–Kier alpha value is -0.890. The topological polar surface area (TPSA) is 16.1 Å². The number of hydrogen-bond acceptors (Lipinski definition) is 2. The summed E-state index contributed by atoms with van der Waals surface area (Å²) in [6.07, 6.45) is 3.96. The summed E-state index contributed by atoms with van der Waals surface area (Å²) in [4.78, 5) is 7.20. The zero-order valence-corrected chi connectivity index (χ0v) is 9.74. The summed E-state index contributed by atoms with van der Waals surface area (Å²) in [7, 11) is 0. The predicted octanol–water partition coefficient (Wildman–Crippen LogP) is 2.94. The summed E-state index contributed by atoms with van der Waals surface area (Å²) in [5.74, 6) is 0. The van der Waals surface area contributed by atoms with E-state index in [0.29, 0.717) is 6.04 Å². The highest BCUT2D eigenvalue weighted by Crippen LogP contribution is 2.29. The Kier molecular flexibility index (Phi) is 3.37. The molecule has 1 aromatic heterocycles. The fourth-order valence-corrected chi connectivity index (χ4v) is 2.45. The Morgan fingerprint density at radius 2 is 2.27 bits per heavy atom. The molecule has 0 unspecified atom stereocenters. The predicted molar refractivity (Wildman–Crippen MR) is 62.8 cm³/mol. The fraction of sp³-hybridized carbons (Fsp3) is 0.615. The minimum atomic E-state index is 0.559. The van der Waals surface area contributed by atoms with Gasteiger partial charge in [0.2, 0.25) is 0 Å². The number of aryl methyl sites for hydroxylation is 1. The number of aromatic nitrogens is 1. The number of nitrogens with zero attached hydrogens (tertiary/aromatic N) is 2. The normalized spacial score (nSPS) is 22.9. The average molecular weight is 204 g/mol. The highest BCUT2D eigenvalue weighted by Gasteiger charge is 2.23. The molecule has 82 valence electrons. The molecule has 2 heteroatoms. The van der Waals surface area contributed by atoms with Crippen molar-refractivity contribution in [2.24, 2.45) is 0 Å². The molecule has 0 bridgehead atoms. The van der Waals surface area contributed by atoms with Gasteiger partial charge in [0.25, 0.3) is 0 Å². The van der Waals surface area contributed by atoms with E-state index in [2.05, 4.69) is 41.9 Å². The van der Waals surface area contributed by atoms with Crippen LogP contribution in [0, 0.1) is 6.92 Å². The molecule has 2 nitrogen and oxygen atoms in total. The van der Waals surface area contributed by atoms with Gasteiger partial charge in [0.05, 0.1) is 11.7 Å². The van der Waals surface area contributed by atoms with Gasteiger partial charge < -0.3 is 0 Å². The van der Waals surface area contributed by atoms with E-state index < -0.39 is 0 Å².